The van der Waals surface area contributed by atoms with Gasteiger partial charge >= 0.3 is 10.4 Å². The molecule has 0 spiro atoms. The quantitative estimate of drug-likeness (QED) is 0.0598. The fourth-order valence-electron chi connectivity index (χ4n) is 3.33. The third-order valence-electron chi connectivity index (χ3n) is 5.18. The van der Waals surface area contributed by atoms with Crippen LogP contribution in [0.15, 0.2) is 33.3 Å². The van der Waals surface area contributed by atoms with Crippen LogP contribution in [-0.4, -0.2) is 81.4 Å². The van der Waals surface area contributed by atoms with Crippen LogP contribution in [-0.2, 0) is 33.8 Å². The number of hydrogen-bond donors (Lipinski definition) is 6. The van der Waals surface area contributed by atoms with Crippen LogP contribution in [0.2, 0.25) is 0 Å². The van der Waals surface area contributed by atoms with Gasteiger partial charge in [0.15, 0.2) is 17.6 Å². The smallest absolute Gasteiger partial charge is 0.418 e. The van der Waals surface area contributed by atoms with E-state index in [1.165, 1.54) is 26.4 Å². The van der Waals surface area contributed by atoms with Crippen LogP contribution < -0.4 is 21.8 Å². The van der Waals surface area contributed by atoms with Gasteiger partial charge in [-0.15, -0.1) is 4.28 Å². The predicted octanol–water partition coefficient (Wildman–Crippen LogP) is -1.89. The first-order chi connectivity index (χ1) is 17.2. The van der Waals surface area contributed by atoms with E-state index in [-0.39, 0.29) is 18.0 Å². The van der Waals surface area contributed by atoms with Crippen LogP contribution in [0, 0.1) is 0 Å². The third-order valence-corrected chi connectivity index (χ3v) is 6.30. The minimum Gasteiger partial charge on any atom is -0.503 e. The molecule has 0 bridgehead atoms. The van der Waals surface area contributed by atoms with Gasteiger partial charge in [-0.1, -0.05) is 16.9 Å². The number of carbonyl (C=O) groups is 2. The lowest BCUT2D eigenvalue weighted by molar-refractivity contribution is -0.218. The number of β-lactam (4-membered cyclic amide) rings is 1. The molecule has 204 valence electrons. The monoisotopic (exact) mass is 564 g/mol. The Morgan fingerprint density at radius 1 is 1.41 bits per heavy atom. The van der Waals surface area contributed by atoms with Gasteiger partial charge in [-0.2, -0.15) is 18.2 Å². The summed E-state index contributed by atoms with van der Waals surface area (Å²) in [6.45, 7) is 2.49. The van der Waals surface area contributed by atoms with E-state index < -0.39 is 62.3 Å². The van der Waals surface area contributed by atoms with Crippen LogP contribution >= 0.6 is 11.8 Å². The van der Waals surface area contributed by atoms with Gasteiger partial charge in [0.05, 0.1) is 24.0 Å². The molecule has 2 aliphatic rings. The second kappa shape index (κ2) is 10.6. The summed E-state index contributed by atoms with van der Waals surface area (Å²) in [6.07, 6.45) is -0.502. The number of carbonyl (C=O) groups excluding carboxylic acids is 2. The Labute approximate surface area is 213 Å². The molecule has 1 fully saturated rings. The second-order valence-electron chi connectivity index (χ2n) is 8.21. The molecule has 19 heteroatoms. The summed E-state index contributed by atoms with van der Waals surface area (Å²) in [6, 6.07) is -0.406. The van der Waals surface area contributed by atoms with Crippen LogP contribution in [0.25, 0.3) is 0 Å². The number of nitrogens with two attached hydrogens (primary N) is 1. The van der Waals surface area contributed by atoms with E-state index >= 15 is 0 Å². The Kier molecular flexibility index (Phi) is 8.05. The van der Waals surface area contributed by atoms with E-state index in [9.17, 15) is 33.1 Å². The zero-order valence-corrected chi connectivity index (χ0v) is 21.1. The van der Waals surface area contributed by atoms with Gasteiger partial charge < -0.3 is 36.3 Å². The highest BCUT2D eigenvalue weighted by Gasteiger charge is 2.58. The van der Waals surface area contributed by atoms with E-state index in [1.807, 2.05) is 0 Å². The van der Waals surface area contributed by atoms with Crippen molar-refractivity contribution < 1.29 is 46.7 Å². The number of nitrogens with zero attached hydrogens (tertiary/aromatic N) is 3. The van der Waals surface area contributed by atoms with Crippen molar-refractivity contribution in [3.63, 3.8) is 0 Å². The van der Waals surface area contributed by atoms with Crippen molar-refractivity contribution in [3.05, 3.63) is 39.3 Å². The first-order valence-electron chi connectivity index (χ1n) is 10.2. The summed E-state index contributed by atoms with van der Waals surface area (Å²) < 4.78 is 40.6. The molecule has 0 saturated carbocycles. The molecule has 1 aromatic rings. The van der Waals surface area contributed by atoms with E-state index in [1.54, 1.807) is 0 Å². The van der Waals surface area contributed by atoms with E-state index in [4.69, 9.17) is 19.9 Å². The Hall–Kier alpha value is -3.36. The molecule has 3 rings (SSSR count). The third kappa shape index (κ3) is 6.14. The van der Waals surface area contributed by atoms with Gasteiger partial charge in [0, 0.05) is 18.6 Å². The van der Waals surface area contributed by atoms with E-state index in [2.05, 4.69) is 20.1 Å². The van der Waals surface area contributed by atoms with E-state index in [0.717, 1.165) is 24.0 Å². The number of amides is 2. The number of nitrogens with one attached hydrogen (secondary N) is 2. The van der Waals surface area contributed by atoms with Crippen molar-refractivity contribution in [3.8, 4) is 5.75 Å². The molecule has 0 aliphatic carbocycles. The number of thioether (sulfide) groups is 1. The lowest BCUT2D eigenvalue weighted by atomic mass is 9.84. The van der Waals surface area contributed by atoms with Crippen LogP contribution in [0.5, 0.6) is 5.75 Å². The van der Waals surface area contributed by atoms with Crippen molar-refractivity contribution in [2.45, 2.75) is 37.0 Å². The number of oxime groups is 1. The minimum absolute atomic E-state index is 0.105. The van der Waals surface area contributed by atoms with Gasteiger partial charge in [0.25, 0.3) is 11.8 Å². The zero-order chi connectivity index (χ0) is 27.7. The maximum Gasteiger partial charge on any atom is 0.418 e. The minimum atomic E-state index is -4.99. The fourth-order valence-corrected chi connectivity index (χ4v) is 4.44. The molecule has 3 unspecified atom stereocenters. The molecule has 0 radical (unpaired) electrons. The lowest BCUT2D eigenvalue weighted by Gasteiger charge is -2.50. The molecule has 1 saturated heterocycles. The van der Waals surface area contributed by atoms with Gasteiger partial charge in [0.1, 0.15) is 17.2 Å². The average molecular weight is 565 g/mol. The molecule has 3 heterocycles. The van der Waals surface area contributed by atoms with Gasteiger partial charge in [0.2, 0.25) is 5.43 Å². The highest BCUT2D eigenvalue weighted by Crippen LogP contribution is 2.33. The number of aromatic hydroxyl groups is 1. The Morgan fingerprint density at radius 3 is 2.62 bits per heavy atom. The Balaban J connectivity index is 1.88. The summed E-state index contributed by atoms with van der Waals surface area (Å²) in [5, 5.41) is 30.4. The normalized spacial score (nSPS) is 22.1. The SMILES string of the molecule is COCC(O/N=C(\C(=O)NC1C(=O)N(OS(=O)(=O)O)C1(C)C)C1=CSC(N)N1)c1cc(=O)c(O)cn1O. The predicted molar refractivity (Wildman–Crippen MR) is 125 cm³/mol. The van der Waals surface area contributed by atoms with Crippen molar-refractivity contribution in [2.24, 2.45) is 10.9 Å². The van der Waals surface area contributed by atoms with Crippen LogP contribution in [0.3, 0.4) is 0 Å². The highest BCUT2D eigenvalue weighted by molar-refractivity contribution is 8.02. The van der Waals surface area contributed by atoms with Gasteiger partial charge in [-0.25, -0.2) is 0 Å². The topological polar surface area (TPSA) is 244 Å². The van der Waals surface area contributed by atoms with Crippen molar-refractivity contribution >= 4 is 39.7 Å². The van der Waals surface area contributed by atoms with Gasteiger partial charge in [-0.05, 0) is 13.8 Å². The van der Waals surface area contributed by atoms with E-state index in [0.29, 0.717) is 9.79 Å². The number of hydroxylamine groups is 2. The lowest BCUT2D eigenvalue weighted by Crippen LogP contribution is -2.77. The first-order valence-corrected chi connectivity index (χ1v) is 12.5. The number of rotatable bonds is 10. The molecule has 7 N–H and O–H groups in total. The number of pyridine rings is 1. The maximum atomic E-state index is 13.1. The molecule has 37 heavy (non-hydrogen) atoms. The highest BCUT2D eigenvalue weighted by atomic mass is 32.3. The van der Waals surface area contributed by atoms with Crippen LogP contribution in [0.1, 0.15) is 25.6 Å². The number of aromatic nitrogens is 1. The van der Waals surface area contributed by atoms with Crippen molar-refractivity contribution in [2.75, 3.05) is 13.7 Å². The summed E-state index contributed by atoms with van der Waals surface area (Å²) in [5.74, 6) is -2.65. The number of hydrogen-bond acceptors (Lipinski definition) is 14. The summed E-state index contributed by atoms with van der Waals surface area (Å²) in [4.78, 5) is 42.8. The fraction of sp³-hybridized carbons (Fsp3) is 0.444. The summed E-state index contributed by atoms with van der Waals surface area (Å²) >= 11 is 1.10. The van der Waals surface area contributed by atoms with Crippen molar-refractivity contribution in [1.82, 2.24) is 20.4 Å². The van der Waals surface area contributed by atoms with Crippen molar-refractivity contribution in [1.29, 1.82) is 0 Å². The van der Waals surface area contributed by atoms with Crippen LogP contribution in [0.4, 0.5) is 0 Å². The number of ether oxygens (including phenoxy) is 1. The molecule has 3 atom stereocenters. The largest absolute Gasteiger partial charge is 0.503 e. The standard InChI is InChI=1S/C18H24N6O11S2/c1-18(2)14(16(28)24(18)35-37(30,31)32)21-15(27)13(8-7-36-17(19)20-8)22-34-12(6-33-3)9-4-10(25)11(26)5-23(9)29/h4-5,7,12,14,17,20,26,29H,6,19H2,1-3H3,(H,21,27)(H,30,31,32)/b22-13-. The summed E-state index contributed by atoms with van der Waals surface area (Å²) in [7, 11) is -3.69. The molecule has 17 nitrogen and oxygen atoms in total. The molecule has 1 aromatic heterocycles. The molecule has 2 amide bonds. The summed E-state index contributed by atoms with van der Waals surface area (Å²) in [5.41, 5.74) is 2.48. The Morgan fingerprint density at radius 2 is 2.08 bits per heavy atom. The maximum absolute atomic E-state index is 13.1. The molecular weight excluding hydrogens is 540 g/mol. The molecule has 2 aliphatic heterocycles. The molecular formula is C18H24N6O11S2. The van der Waals surface area contributed by atoms with Gasteiger partial charge in [-0.3, -0.25) is 18.9 Å². The molecule has 0 aromatic carbocycles. The average Bonchev–Trinajstić information content (AvgIpc) is 3.22. The Bertz CT molecular complexity index is 1310. The first kappa shape index (κ1) is 28.2. The second-order valence-corrected chi connectivity index (χ2v) is 10.2. The number of methoxy groups -OCH3 is 1. The zero-order valence-electron chi connectivity index (χ0n) is 19.5.